The van der Waals surface area contributed by atoms with Gasteiger partial charge in [-0.2, -0.15) is 17.5 Å². The van der Waals surface area contributed by atoms with Crippen molar-refractivity contribution in [3.8, 4) is 0 Å². The number of anilines is 1. The number of rotatable bonds is 4. The second-order valence-electron chi connectivity index (χ2n) is 5.51. The zero-order chi connectivity index (χ0) is 18.1. The molecule has 0 aromatic carbocycles. The van der Waals surface area contributed by atoms with Crippen LogP contribution in [0.4, 0.5) is 19.0 Å². The lowest BCUT2D eigenvalue weighted by Gasteiger charge is -2.35. The molecule has 7 nitrogen and oxygen atoms in total. The average Bonchev–Trinajstić information content (AvgIpc) is 3.06. The third kappa shape index (κ3) is 3.93. The van der Waals surface area contributed by atoms with E-state index in [2.05, 4.69) is 14.7 Å². The summed E-state index contributed by atoms with van der Waals surface area (Å²) in [7, 11) is -3.61. The summed E-state index contributed by atoms with van der Waals surface area (Å²) in [6.45, 7) is 0.401. The molecular weight excluding hydrogens is 361 g/mol. The van der Waals surface area contributed by atoms with E-state index in [9.17, 15) is 21.6 Å². The van der Waals surface area contributed by atoms with Gasteiger partial charge in [-0.1, -0.05) is 5.16 Å². The normalized spacial score (nSPS) is 17.0. The number of halogens is 3. The Morgan fingerprint density at radius 3 is 2.48 bits per heavy atom. The molecule has 1 aliphatic rings. The minimum absolute atomic E-state index is 0.0774. The standard InChI is InChI=1S/C14H15F3N4O3S/c15-14(16,17)12-2-1-4-18-13(12)20-5-7-21(8-6-20)25(22,23)10-11-3-9-24-19-11/h1-4,9H,5-8,10H2. The van der Waals surface area contributed by atoms with Gasteiger partial charge in [0.1, 0.15) is 17.8 Å². The van der Waals surface area contributed by atoms with Crippen LogP contribution in [0.25, 0.3) is 0 Å². The summed E-state index contributed by atoms with van der Waals surface area (Å²) in [6, 6.07) is 3.65. The maximum absolute atomic E-state index is 13.1. The van der Waals surface area contributed by atoms with E-state index in [4.69, 9.17) is 0 Å². The molecular formula is C14H15F3N4O3S. The average molecular weight is 376 g/mol. The number of piperazine rings is 1. The van der Waals surface area contributed by atoms with Crippen molar-refractivity contribution < 1.29 is 26.1 Å². The predicted molar refractivity (Wildman–Crippen MR) is 82.2 cm³/mol. The quantitative estimate of drug-likeness (QED) is 0.809. The maximum Gasteiger partial charge on any atom is 0.419 e. The lowest BCUT2D eigenvalue weighted by Crippen LogP contribution is -2.49. The van der Waals surface area contributed by atoms with Crippen molar-refractivity contribution in [2.75, 3.05) is 31.1 Å². The number of pyridine rings is 1. The molecule has 0 spiro atoms. The molecule has 2 aromatic rings. The van der Waals surface area contributed by atoms with Crippen molar-refractivity contribution in [1.82, 2.24) is 14.4 Å². The third-order valence-corrected chi connectivity index (χ3v) is 5.66. The molecule has 3 heterocycles. The lowest BCUT2D eigenvalue weighted by molar-refractivity contribution is -0.137. The van der Waals surface area contributed by atoms with Crippen LogP contribution in [-0.4, -0.2) is 49.0 Å². The van der Waals surface area contributed by atoms with Crippen molar-refractivity contribution >= 4 is 15.8 Å². The maximum atomic E-state index is 13.1. The summed E-state index contributed by atoms with van der Waals surface area (Å²) >= 11 is 0. The highest BCUT2D eigenvalue weighted by Crippen LogP contribution is 2.35. The highest BCUT2D eigenvalue weighted by atomic mass is 32.2. The first-order valence-corrected chi connectivity index (χ1v) is 9.02. The Balaban J connectivity index is 1.70. The molecule has 2 aromatic heterocycles. The predicted octanol–water partition coefficient (Wildman–Crippen LogP) is 1.74. The molecule has 3 rings (SSSR count). The molecule has 0 radical (unpaired) electrons. The van der Waals surface area contributed by atoms with Crippen molar-refractivity contribution in [2.24, 2.45) is 0 Å². The van der Waals surface area contributed by atoms with Crippen LogP contribution < -0.4 is 4.90 Å². The number of alkyl halides is 3. The van der Waals surface area contributed by atoms with Crippen molar-refractivity contribution in [3.05, 3.63) is 41.9 Å². The number of aromatic nitrogens is 2. The van der Waals surface area contributed by atoms with Crippen LogP contribution in [-0.2, 0) is 22.0 Å². The zero-order valence-corrected chi connectivity index (χ0v) is 13.8. The molecule has 136 valence electrons. The Hall–Kier alpha value is -2.14. The summed E-state index contributed by atoms with van der Waals surface area (Å²) < 4.78 is 69.8. The van der Waals surface area contributed by atoms with E-state index < -0.39 is 21.8 Å². The number of hydrogen-bond acceptors (Lipinski definition) is 6. The SMILES string of the molecule is O=S(=O)(Cc1ccon1)N1CCN(c2ncccc2C(F)(F)F)CC1. The summed E-state index contributed by atoms with van der Waals surface area (Å²) in [5.41, 5.74) is -0.541. The van der Waals surface area contributed by atoms with Crippen LogP contribution in [0.3, 0.4) is 0 Å². The Morgan fingerprint density at radius 2 is 1.88 bits per heavy atom. The molecule has 0 N–H and O–H groups in total. The van der Waals surface area contributed by atoms with E-state index in [-0.39, 0.29) is 43.4 Å². The fourth-order valence-corrected chi connectivity index (χ4v) is 4.06. The molecule has 1 fully saturated rings. The smallest absolute Gasteiger partial charge is 0.364 e. The van der Waals surface area contributed by atoms with Gasteiger partial charge >= 0.3 is 6.18 Å². The molecule has 0 atom stereocenters. The fourth-order valence-electron chi connectivity index (χ4n) is 2.64. The second kappa shape index (κ2) is 6.64. The van der Waals surface area contributed by atoms with Gasteiger partial charge in [0.25, 0.3) is 0 Å². The summed E-state index contributed by atoms with van der Waals surface area (Å²) in [6.07, 6.45) is -1.94. The van der Waals surface area contributed by atoms with Gasteiger partial charge in [0.2, 0.25) is 10.0 Å². The topological polar surface area (TPSA) is 79.5 Å². The Kier molecular flexibility index (Phi) is 4.69. The van der Waals surface area contributed by atoms with Crippen LogP contribution in [0.5, 0.6) is 0 Å². The van der Waals surface area contributed by atoms with E-state index in [1.165, 1.54) is 33.8 Å². The van der Waals surface area contributed by atoms with E-state index in [1.54, 1.807) is 0 Å². The molecule has 0 aliphatic carbocycles. The van der Waals surface area contributed by atoms with E-state index >= 15 is 0 Å². The molecule has 25 heavy (non-hydrogen) atoms. The number of nitrogens with zero attached hydrogens (tertiary/aromatic N) is 4. The van der Waals surface area contributed by atoms with Crippen LogP contribution in [0.15, 0.2) is 35.2 Å². The van der Waals surface area contributed by atoms with Gasteiger partial charge in [0.05, 0.1) is 11.3 Å². The van der Waals surface area contributed by atoms with Gasteiger partial charge in [0, 0.05) is 38.4 Å². The molecule has 11 heteroatoms. The van der Waals surface area contributed by atoms with Gasteiger partial charge in [-0.15, -0.1) is 0 Å². The van der Waals surface area contributed by atoms with Gasteiger partial charge in [0.15, 0.2) is 0 Å². The van der Waals surface area contributed by atoms with Gasteiger partial charge in [-0.25, -0.2) is 13.4 Å². The monoisotopic (exact) mass is 376 g/mol. The highest BCUT2D eigenvalue weighted by Gasteiger charge is 2.37. The summed E-state index contributed by atoms with van der Waals surface area (Å²) in [5.74, 6) is -0.482. The van der Waals surface area contributed by atoms with Crippen molar-refractivity contribution in [1.29, 1.82) is 0 Å². The first kappa shape index (κ1) is 17.7. The van der Waals surface area contributed by atoms with Gasteiger partial charge in [-0.3, -0.25) is 0 Å². The van der Waals surface area contributed by atoms with Crippen molar-refractivity contribution in [2.45, 2.75) is 11.9 Å². The molecule has 0 unspecified atom stereocenters. The highest BCUT2D eigenvalue weighted by molar-refractivity contribution is 7.88. The van der Waals surface area contributed by atoms with E-state index in [1.807, 2.05) is 0 Å². The summed E-state index contributed by atoms with van der Waals surface area (Å²) in [5, 5.41) is 3.57. The minimum atomic E-state index is -4.51. The molecule has 1 aliphatic heterocycles. The Labute approximate surface area is 142 Å². The molecule has 0 amide bonds. The second-order valence-corrected chi connectivity index (χ2v) is 7.47. The van der Waals surface area contributed by atoms with Gasteiger partial charge in [-0.05, 0) is 12.1 Å². The first-order valence-electron chi connectivity index (χ1n) is 7.41. The zero-order valence-electron chi connectivity index (χ0n) is 13.0. The van der Waals surface area contributed by atoms with Crippen LogP contribution in [0.1, 0.15) is 11.3 Å². The molecule has 0 bridgehead atoms. The largest absolute Gasteiger partial charge is 0.419 e. The first-order chi connectivity index (χ1) is 11.8. The Bertz CT molecular complexity index is 816. The van der Waals surface area contributed by atoms with Crippen LogP contribution in [0.2, 0.25) is 0 Å². The van der Waals surface area contributed by atoms with Crippen LogP contribution >= 0.6 is 0 Å². The summed E-state index contributed by atoms with van der Waals surface area (Å²) in [4.78, 5) is 5.28. The van der Waals surface area contributed by atoms with E-state index in [0.29, 0.717) is 0 Å². The fraction of sp³-hybridized carbons (Fsp3) is 0.429. The van der Waals surface area contributed by atoms with Crippen LogP contribution in [0, 0.1) is 0 Å². The number of sulfonamides is 1. The molecule has 0 saturated carbocycles. The van der Waals surface area contributed by atoms with Gasteiger partial charge < -0.3 is 9.42 Å². The third-order valence-electron chi connectivity index (χ3n) is 3.85. The van der Waals surface area contributed by atoms with E-state index in [0.717, 1.165) is 6.07 Å². The number of hydrogen-bond donors (Lipinski definition) is 0. The molecule has 1 saturated heterocycles. The minimum Gasteiger partial charge on any atom is -0.364 e. The Morgan fingerprint density at radius 1 is 1.16 bits per heavy atom. The lowest BCUT2D eigenvalue weighted by atomic mass is 10.2. The van der Waals surface area contributed by atoms with Crippen molar-refractivity contribution in [3.63, 3.8) is 0 Å².